The molecule has 6 nitrogen and oxygen atoms in total. The maximum absolute atomic E-state index is 12.7. The average molecular weight is 353 g/mol. The van der Waals surface area contributed by atoms with Gasteiger partial charge in [-0.15, -0.1) is 10.2 Å². The molecule has 1 aliphatic carbocycles. The molecule has 1 unspecified atom stereocenters. The van der Waals surface area contributed by atoms with E-state index in [4.69, 9.17) is 16.3 Å². The van der Waals surface area contributed by atoms with Gasteiger partial charge in [0.25, 0.3) is 0 Å². The predicted molar refractivity (Wildman–Crippen MR) is 93.4 cm³/mol. The highest BCUT2D eigenvalue weighted by Gasteiger charge is 2.40. The smallest absolute Gasteiger partial charge is 0.410 e. The van der Waals surface area contributed by atoms with Gasteiger partial charge in [-0.05, 0) is 58.6 Å². The molecule has 1 aliphatic heterocycles. The number of anilines is 1. The molecule has 2 aliphatic rings. The van der Waals surface area contributed by atoms with Gasteiger partial charge in [-0.1, -0.05) is 11.6 Å². The van der Waals surface area contributed by atoms with E-state index in [2.05, 4.69) is 15.1 Å². The Balaban J connectivity index is 1.70. The van der Waals surface area contributed by atoms with Crippen LogP contribution in [0.4, 0.5) is 10.6 Å². The maximum Gasteiger partial charge on any atom is 0.410 e. The second-order valence-corrected chi connectivity index (χ2v) is 7.96. The van der Waals surface area contributed by atoms with Crippen molar-refractivity contribution in [2.75, 3.05) is 18.0 Å². The Morgan fingerprint density at radius 1 is 1.25 bits per heavy atom. The standard InChI is InChI=1S/C17H25ClN4O2/c1-17(2,3)24-16(23)22(12-5-4-6-12)13-9-10-21(11-13)15-8-7-14(18)19-20-15/h7-8,12-13H,4-6,9-11H2,1-3H3. The first-order valence-electron chi connectivity index (χ1n) is 8.59. The van der Waals surface area contributed by atoms with E-state index in [-0.39, 0.29) is 12.1 Å². The van der Waals surface area contributed by atoms with Crippen molar-refractivity contribution in [1.29, 1.82) is 0 Å². The molecule has 1 saturated heterocycles. The minimum absolute atomic E-state index is 0.155. The van der Waals surface area contributed by atoms with Crippen LogP contribution in [0.1, 0.15) is 46.5 Å². The maximum atomic E-state index is 12.7. The largest absolute Gasteiger partial charge is 0.444 e. The van der Waals surface area contributed by atoms with E-state index < -0.39 is 5.60 Å². The molecule has 0 radical (unpaired) electrons. The van der Waals surface area contributed by atoms with E-state index in [1.807, 2.05) is 31.7 Å². The summed E-state index contributed by atoms with van der Waals surface area (Å²) in [6.45, 7) is 7.34. The first-order chi connectivity index (χ1) is 11.3. The van der Waals surface area contributed by atoms with Crippen LogP contribution in [0, 0.1) is 0 Å². The van der Waals surface area contributed by atoms with Crippen molar-refractivity contribution < 1.29 is 9.53 Å². The van der Waals surface area contributed by atoms with E-state index in [0.29, 0.717) is 11.2 Å². The van der Waals surface area contributed by atoms with Crippen molar-refractivity contribution in [2.24, 2.45) is 0 Å². The minimum Gasteiger partial charge on any atom is -0.444 e. The topological polar surface area (TPSA) is 58.6 Å². The van der Waals surface area contributed by atoms with Crippen molar-refractivity contribution >= 4 is 23.5 Å². The number of nitrogens with zero attached hydrogens (tertiary/aromatic N) is 4. The molecule has 1 aromatic rings. The van der Waals surface area contributed by atoms with Gasteiger partial charge in [-0.2, -0.15) is 0 Å². The van der Waals surface area contributed by atoms with Gasteiger partial charge in [0.05, 0.1) is 6.04 Å². The van der Waals surface area contributed by atoms with Crippen LogP contribution in [-0.2, 0) is 4.74 Å². The van der Waals surface area contributed by atoms with Crippen molar-refractivity contribution in [3.05, 3.63) is 17.3 Å². The molecule has 1 atom stereocenters. The summed E-state index contributed by atoms with van der Waals surface area (Å²) in [7, 11) is 0. The number of hydrogen-bond donors (Lipinski definition) is 0. The molecule has 2 heterocycles. The normalized spacial score (nSPS) is 21.5. The molecule has 1 amide bonds. The highest BCUT2D eigenvalue weighted by atomic mass is 35.5. The zero-order chi connectivity index (χ0) is 17.3. The van der Waals surface area contributed by atoms with Crippen LogP contribution >= 0.6 is 11.6 Å². The first kappa shape index (κ1) is 17.3. The molecule has 3 rings (SSSR count). The van der Waals surface area contributed by atoms with Crippen LogP contribution in [-0.4, -0.2) is 52.0 Å². The Kier molecular flexibility index (Phi) is 4.85. The van der Waals surface area contributed by atoms with Crippen LogP contribution in [0.3, 0.4) is 0 Å². The van der Waals surface area contributed by atoms with Gasteiger partial charge in [0.15, 0.2) is 11.0 Å². The molecule has 1 saturated carbocycles. The fourth-order valence-electron chi connectivity index (χ4n) is 3.23. The molecule has 0 spiro atoms. The van der Waals surface area contributed by atoms with Crippen LogP contribution < -0.4 is 4.90 Å². The Labute approximate surface area is 148 Å². The van der Waals surface area contributed by atoms with E-state index in [9.17, 15) is 4.79 Å². The van der Waals surface area contributed by atoms with E-state index >= 15 is 0 Å². The van der Waals surface area contributed by atoms with Gasteiger partial charge < -0.3 is 14.5 Å². The lowest BCUT2D eigenvalue weighted by Gasteiger charge is -2.41. The number of aromatic nitrogens is 2. The third kappa shape index (κ3) is 3.91. The highest BCUT2D eigenvalue weighted by molar-refractivity contribution is 6.29. The van der Waals surface area contributed by atoms with Crippen molar-refractivity contribution in [3.8, 4) is 0 Å². The van der Waals surface area contributed by atoms with Crippen LogP contribution in [0.2, 0.25) is 5.15 Å². The number of ether oxygens (including phenoxy) is 1. The molecule has 7 heteroatoms. The van der Waals surface area contributed by atoms with Gasteiger partial charge >= 0.3 is 6.09 Å². The SMILES string of the molecule is CC(C)(C)OC(=O)N(C1CCC1)C1CCN(c2ccc(Cl)nn2)C1. The van der Waals surface area contributed by atoms with E-state index in [0.717, 1.165) is 38.2 Å². The second kappa shape index (κ2) is 6.75. The van der Waals surface area contributed by atoms with Gasteiger partial charge in [-0.3, -0.25) is 0 Å². The summed E-state index contributed by atoms with van der Waals surface area (Å²) >= 11 is 5.81. The lowest BCUT2D eigenvalue weighted by atomic mass is 9.90. The van der Waals surface area contributed by atoms with Crippen molar-refractivity contribution in [1.82, 2.24) is 15.1 Å². The molecule has 132 valence electrons. The van der Waals surface area contributed by atoms with Crippen LogP contribution in [0.5, 0.6) is 0 Å². The third-order valence-electron chi connectivity index (χ3n) is 4.57. The molecular formula is C17H25ClN4O2. The van der Waals surface area contributed by atoms with Crippen LogP contribution in [0.15, 0.2) is 12.1 Å². The number of carbonyl (C=O) groups excluding carboxylic acids is 1. The third-order valence-corrected chi connectivity index (χ3v) is 4.77. The van der Waals surface area contributed by atoms with E-state index in [1.165, 1.54) is 6.42 Å². The minimum atomic E-state index is -0.473. The van der Waals surface area contributed by atoms with Crippen molar-refractivity contribution in [2.45, 2.75) is 64.1 Å². The summed E-state index contributed by atoms with van der Waals surface area (Å²) in [4.78, 5) is 16.8. The summed E-state index contributed by atoms with van der Waals surface area (Å²) in [5, 5.41) is 8.44. The van der Waals surface area contributed by atoms with Gasteiger partial charge in [-0.25, -0.2) is 4.79 Å². The number of halogens is 1. The number of carbonyl (C=O) groups is 1. The van der Waals surface area contributed by atoms with Gasteiger partial charge in [0.1, 0.15) is 5.60 Å². The quantitative estimate of drug-likeness (QED) is 0.833. The fourth-order valence-corrected chi connectivity index (χ4v) is 3.33. The zero-order valence-corrected chi connectivity index (χ0v) is 15.3. The monoisotopic (exact) mass is 352 g/mol. The Bertz CT molecular complexity index is 583. The number of amides is 1. The van der Waals surface area contributed by atoms with Crippen LogP contribution in [0.25, 0.3) is 0 Å². The lowest BCUT2D eigenvalue weighted by Crippen LogP contribution is -2.52. The summed E-state index contributed by atoms with van der Waals surface area (Å²) < 4.78 is 5.65. The Morgan fingerprint density at radius 2 is 2.00 bits per heavy atom. The number of rotatable bonds is 3. The second-order valence-electron chi connectivity index (χ2n) is 7.58. The first-order valence-corrected chi connectivity index (χ1v) is 8.97. The fraction of sp³-hybridized carbons (Fsp3) is 0.706. The molecule has 24 heavy (non-hydrogen) atoms. The molecular weight excluding hydrogens is 328 g/mol. The summed E-state index contributed by atoms with van der Waals surface area (Å²) in [5.41, 5.74) is -0.473. The Morgan fingerprint density at radius 3 is 2.54 bits per heavy atom. The highest BCUT2D eigenvalue weighted by Crippen LogP contribution is 2.32. The molecule has 0 N–H and O–H groups in total. The summed E-state index contributed by atoms with van der Waals surface area (Å²) in [6.07, 6.45) is 4.04. The zero-order valence-electron chi connectivity index (χ0n) is 14.5. The van der Waals surface area contributed by atoms with E-state index in [1.54, 1.807) is 6.07 Å². The van der Waals surface area contributed by atoms with Gasteiger partial charge in [0.2, 0.25) is 0 Å². The summed E-state index contributed by atoms with van der Waals surface area (Å²) in [5.74, 6) is 0.805. The molecule has 1 aromatic heterocycles. The molecule has 0 bridgehead atoms. The average Bonchev–Trinajstić information content (AvgIpc) is 2.90. The summed E-state index contributed by atoms with van der Waals surface area (Å²) in [6, 6.07) is 4.08. The van der Waals surface area contributed by atoms with Gasteiger partial charge in [0, 0.05) is 19.1 Å². The molecule has 2 fully saturated rings. The predicted octanol–water partition coefficient (Wildman–Crippen LogP) is 3.50. The lowest BCUT2D eigenvalue weighted by molar-refractivity contribution is -0.00350. The number of hydrogen-bond acceptors (Lipinski definition) is 5. The van der Waals surface area contributed by atoms with Crippen molar-refractivity contribution in [3.63, 3.8) is 0 Å². The Hall–Kier alpha value is -1.56. The molecule has 0 aromatic carbocycles.